The third-order valence-corrected chi connectivity index (χ3v) is 2.50. The van der Waals surface area contributed by atoms with Crippen molar-refractivity contribution in [2.24, 2.45) is 0 Å². The number of rotatable bonds is 7. The van der Waals surface area contributed by atoms with Gasteiger partial charge < -0.3 is 10.1 Å². The maximum absolute atomic E-state index is 5.02. The van der Waals surface area contributed by atoms with Crippen LogP contribution in [0.5, 0.6) is 0 Å². The van der Waals surface area contributed by atoms with Crippen LogP contribution in [0.15, 0.2) is 12.4 Å². The molecule has 0 saturated heterocycles. The van der Waals surface area contributed by atoms with E-state index in [0.29, 0.717) is 0 Å². The Kier molecular flexibility index (Phi) is 5.65. The average molecular weight is 239 g/mol. The maximum Gasteiger partial charge on any atom is 0.0534 e. The summed E-state index contributed by atoms with van der Waals surface area (Å²) in [5.41, 5.74) is 1.40. The highest BCUT2D eigenvalue weighted by Crippen LogP contribution is 2.04. The second-order valence-electron chi connectivity index (χ2n) is 5.42. The predicted octanol–water partition coefficient (Wildman–Crippen LogP) is 2.20. The number of ether oxygens (including phenoxy) is 1. The minimum Gasteiger partial charge on any atom is -0.385 e. The van der Waals surface area contributed by atoms with Crippen molar-refractivity contribution in [3.8, 4) is 0 Å². The lowest BCUT2D eigenvalue weighted by Gasteiger charge is -2.19. The average Bonchev–Trinajstić information content (AvgIpc) is 2.69. The third-order valence-electron chi connectivity index (χ3n) is 2.50. The highest BCUT2D eigenvalue weighted by molar-refractivity contribution is 5.03. The molecular weight excluding hydrogens is 214 g/mol. The predicted molar refractivity (Wildman–Crippen MR) is 69.9 cm³/mol. The summed E-state index contributed by atoms with van der Waals surface area (Å²) < 4.78 is 7.03. The van der Waals surface area contributed by atoms with Gasteiger partial charge in [0.2, 0.25) is 0 Å². The van der Waals surface area contributed by atoms with Crippen LogP contribution in [-0.2, 0) is 17.8 Å². The second kappa shape index (κ2) is 6.77. The van der Waals surface area contributed by atoms with E-state index in [1.54, 1.807) is 7.11 Å². The van der Waals surface area contributed by atoms with Gasteiger partial charge in [-0.15, -0.1) is 0 Å². The van der Waals surface area contributed by atoms with E-state index in [1.807, 2.05) is 10.9 Å². The van der Waals surface area contributed by atoms with Gasteiger partial charge in [-0.2, -0.15) is 5.10 Å². The van der Waals surface area contributed by atoms with Crippen LogP contribution in [0.1, 0.15) is 39.2 Å². The van der Waals surface area contributed by atoms with Gasteiger partial charge in [0, 0.05) is 44.1 Å². The van der Waals surface area contributed by atoms with Crippen molar-refractivity contribution < 1.29 is 4.74 Å². The Morgan fingerprint density at radius 2 is 2.12 bits per heavy atom. The molecule has 1 aromatic rings. The zero-order valence-electron chi connectivity index (χ0n) is 11.5. The summed E-state index contributed by atoms with van der Waals surface area (Å²) in [6.45, 7) is 9.19. The van der Waals surface area contributed by atoms with E-state index in [-0.39, 0.29) is 5.54 Å². The molecule has 4 heteroatoms. The third kappa shape index (κ3) is 6.44. The van der Waals surface area contributed by atoms with Gasteiger partial charge in [0.25, 0.3) is 0 Å². The largest absolute Gasteiger partial charge is 0.385 e. The molecule has 0 unspecified atom stereocenters. The van der Waals surface area contributed by atoms with Crippen molar-refractivity contribution >= 4 is 0 Å². The summed E-state index contributed by atoms with van der Waals surface area (Å²) >= 11 is 0. The quantitative estimate of drug-likeness (QED) is 0.741. The Morgan fingerprint density at radius 1 is 1.35 bits per heavy atom. The van der Waals surface area contributed by atoms with Gasteiger partial charge >= 0.3 is 0 Å². The first-order valence-electron chi connectivity index (χ1n) is 6.26. The first-order valence-corrected chi connectivity index (χ1v) is 6.26. The molecule has 0 fully saturated rings. The highest BCUT2D eigenvalue weighted by Gasteiger charge is 2.08. The summed E-state index contributed by atoms with van der Waals surface area (Å²) in [7, 11) is 1.74. The van der Waals surface area contributed by atoms with E-state index in [2.05, 4.69) is 37.4 Å². The number of hydrogen-bond donors (Lipinski definition) is 1. The molecule has 1 aromatic heterocycles. The van der Waals surface area contributed by atoms with Crippen LogP contribution >= 0.6 is 0 Å². The Hall–Kier alpha value is -0.870. The number of nitrogens with one attached hydrogen (secondary N) is 1. The standard InChI is InChI=1S/C13H25N3O/c1-13(2,3)14-9-12-10-15-16(11-12)7-5-6-8-17-4/h10-11,14H,5-9H2,1-4H3. The Bertz CT molecular complexity index is 315. The zero-order valence-corrected chi connectivity index (χ0v) is 11.5. The summed E-state index contributed by atoms with van der Waals surface area (Å²) in [5, 5.41) is 7.80. The van der Waals surface area contributed by atoms with Crippen molar-refractivity contribution in [2.75, 3.05) is 13.7 Å². The first-order chi connectivity index (χ1) is 8.01. The molecule has 4 nitrogen and oxygen atoms in total. The van der Waals surface area contributed by atoms with Crippen molar-refractivity contribution in [2.45, 2.75) is 52.2 Å². The normalized spacial score (nSPS) is 12.0. The number of aromatic nitrogens is 2. The van der Waals surface area contributed by atoms with Crippen molar-refractivity contribution in [1.82, 2.24) is 15.1 Å². The van der Waals surface area contributed by atoms with Gasteiger partial charge in [-0.05, 0) is 33.6 Å². The van der Waals surface area contributed by atoms with E-state index in [0.717, 1.165) is 32.5 Å². The van der Waals surface area contributed by atoms with Crippen LogP contribution in [0.2, 0.25) is 0 Å². The van der Waals surface area contributed by atoms with Crippen LogP contribution in [0.4, 0.5) is 0 Å². The summed E-state index contributed by atoms with van der Waals surface area (Å²) in [6.07, 6.45) is 6.26. The molecule has 1 N–H and O–H groups in total. The second-order valence-corrected chi connectivity index (χ2v) is 5.42. The van der Waals surface area contributed by atoms with Crippen LogP contribution in [0.25, 0.3) is 0 Å². The van der Waals surface area contributed by atoms with Gasteiger partial charge in [-0.25, -0.2) is 0 Å². The number of methoxy groups -OCH3 is 1. The number of nitrogens with zero attached hydrogens (tertiary/aromatic N) is 2. The molecular formula is C13H25N3O. The first kappa shape index (κ1) is 14.2. The summed E-state index contributed by atoms with van der Waals surface area (Å²) in [4.78, 5) is 0. The maximum atomic E-state index is 5.02. The molecule has 0 saturated carbocycles. The summed E-state index contributed by atoms with van der Waals surface area (Å²) in [5.74, 6) is 0. The molecule has 0 radical (unpaired) electrons. The van der Waals surface area contributed by atoms with Crippen molar-refractivity contribution in [3.05, 3.63) is 18.0 Å². The van der Waals surface area contributed by atoms with E-state index >= 15 is 0 Å². The lowest BCUT2D eigenvalue weighted by atomic mass is 10.1. The molecule has 1 rings (SSSR count). The minimum atomic E-state index is 0.153. The molecule has 1 heterocycles. The van der Waals surface area contributed by atoms with Gasteiger partial charge in [0.1, 0.15) is 0 Å². The van der Waals surface area contributed by atoms with E-state index in [4.69, 9.17) is 4.74 Å². The van der Waals surface area contributed by atoms with Gasteiger partial charge in [0.15, 0.2) is 0 Å². The Morgan fingerprint density at radius 3 is 2.76 bits per heavy atom. The van der Waals surface area contributed by atoms with E-state index in [9.17, 15) is 0 Å². The molecule has 0 aliphatic carbocycles. The topological polar surface area (TPSA) is 39.1 Å². The van der Waals surface area contributed by atoms with Crippen molar-refractivity contribution in [3.63, 3.8) is 0 Å². The van der Waals surface area contributed by atoms with Crippen LogP contribution in [0.3, 0.4) is 0 Å². The van der Waals surface area contributed by atoms with E-state index < -0.39 is 0 Å². The highest BCUT2D eigenvalue weighted by atomic mass is 16.5. The van der Waals surface area contributed by atoms with Gasteiger partial charge in [-0.1, -0.05) is 0 Å². The van der Waals surface area contributed by atoms with Gasteiger partial charge in [-0.3, -0.25) is 4.68 Å². The molecule has 0 amide bonds. The lowest BCUT2D eigenvalue weighted by Crippen LogP contribution is -2.34. The molecule has 0 aliphatic rings. The summed E-state index contributed by atoms with van der Waals surface area (Å²) in [6, 6.07) is 0. The van der Waals surface area contributed by atoms with Crippen LogP contribution < -0.4 is 5.32 Å². The molecule has 0 atom stereocenters. The van der Waals surface area contributed by atoms with Crippen LogP contribution in [-0.4, -0.2) is 29.0 Å². The minimum absolute atomic E-state index is 0.153. The molecule has 17 heavy (non-hydrogen) atoms. The number of aryl methyl sites for hydroxylation is 1. The molecule has 0 spiro atoms. The van der Waals surface area contributed by atoms with Crippen molar-refractivity contribution in [1.29, 1.82) is 0 Å². The monoisotopic (exact) mass is 239 g/mol. The molecule has 0 bridgehead atoms. The fourth-order valence-corrected chi connectivity index (χ4v) is 1.51. The van der Waals surface area contributed by atoms with Gasteiger partial charge in [0.05, 0.1) is 6.20 Å². The molecule has 0 aliphatic heterocycles. The number of unbranched alkanes of at least 4 members (excludes halogenated alkanes) is 1. The molecule has 98 valence electrons. The zero-order chi connectivity index (χ0) is 12.7. The smallest absolute Gasteiger partial charge is 0.0534 e. The lowest BCUT2D eigenvalue weighted by molar-refractivity contribution is 0.191. The fraction of sp³-hybridized carbons (Fsp3) is 0.769. The van der Waals surface area contributed by atoms with Crippen LogP contribution in [0, 0.1) is 0 Å². The Labute approximate surface area is 104 Å². The number of hydrogen-bond acceptors (Lipinski definition) is 3. The van der Waals surface area contributed by atoms with E-state index in [1.165, 1.54) is 5.56 Å². The SMILES string of the molecule is COCCCCn1cc(CNC(C)(C)C)cn1. The fourth-order valence-electron chi connectivity index (χ4n) is 1.51. The Balaban J connectivity index is 2.28. The molecule has 0 aromatic carbocycles.